The van der Waals surface area contributed by atoms with E-state index in [4.69, 9.17) is 10.2 Å². The third kappa shape index (κ3) is 2.95. The molecule has 0 aliphatic heterocycles. The molecular formula is C15H20ClNO. The van der Waals surface area contributed by atoms with E-state index in [1.54, 1.807) is 0 Å². The van der Waals surface area contributed by atoms with Crippen molar-refractivity contribution in [2.24, 2.45) is 5.73 Å². The molecule has 2 aromatic rings. The first kappa shape index (κ1) is 14.8. The summed E-state index contributed by atoms with van der Waals surface area (Å²) in [4.78, 5) is 0. The van der Waals surface area contributed by atoms with E-state index in [-0.39, 0.29) is 18.4 Å². The summed E-state index contributed by atoms with van der Waals surface area (Å²) in [5.74, 6) is 1.83. The Morgan fingerprint density at radius 2 is 1.89 bits per heavy atom. The number of hydrogen-bond donors (Lipinski definition) is 1. The summed E-state index contributed by atoms with van der Waals surface area (Å²) in [6.45, 7) is 6.25. The second-order valence-electron chi connectivity index (χ2n) is 4.50. The molecule has 1 aromatic carbocycles. The maximum atomic E-state index is 6.24. The van der Waals surface area contributed by atoms with Gasteiger partial charge in [-0.15, -0.1) is 12.4 Å². The minimum absolute atomic E-state index is 0. The number of rotatable bonds is 3. The Kier molecular flexibility index (Phi) is 5.00. The zero-order valence-electron chi connectivity index (χ0n) is 11.1. The van der Waals surface area contributed by atoms with Crippen molar-refractivity contribution >= 4 is 12.4 Å². The average Bonchev–Trinajstić information content (AvgIpc) is 2.76. The van der Waals surface area contributed by atoms with E-state index in [0.29, 0.717) is 0 Å². The zero-order chi connectivity index (χ0) is 12.4. The standard InChI is InChI=1S/C15H19NO.ClH/c1-4-12-6-8-14(17-12)15(16)13-7-5-10(2)9-11(13)3;/h5-9,15H,4,16H2,1-3H3;1H. The molecule has 0 spiro atoms. The second kappa shape index (κ2) is 6.07. The first-order chi connectivity index (χ1) is 8.11. The van der Waals surface area contributed by atoms with Gasteiger partial charge in [0.05, 0.1) is 6.04 Å². The summed E-state index contributed by atoms with van der Waals surface area (Å²) in [6, 6.07) is 10.1. The third-order valence-corrected chi connectivity index (χ3v) is 3.10. The van der Waals surface area contributed by atoms with Crippen LogP contribution in [0.5, 0.6) is 0 Å². The SMILES string of the molecule is CCc1ccc(C(N)c2ccc(C)cc2C)o1.Cl. The maximum Gasteiger partial charge on any atom is 0.125 e. The van der Waals surface area contributed by atoms with Crippen molar-refractivity contribution < 1.29 is 4.42 Å². The van der Waals surface area contributed by atoms with Crippen LogP contribution >= 0.6 is 12.4 Å². The van der Waals surface area contributed by atoms with E-state index < -0.39 is 0 Å². The molecule has 98 valence electrons. The molecule has 0 saturated carbocycles. The number of nitrogens with two attached hydrogens (primary N) is 1. The highest BCUT2D eigenvalue weighted by Crippen LogP contribution is 2.25. The minimum Gasteiger partial charge on any atom is -0.464 e. The molecule has 0 radical (unpaired) electrons. The van der Waals surface area contributed by atoms with Gasteiger partial charge >= 0.3 is 0 Å². The lowest BCUT2D eigenvalue weighted by atomic mass is 9.98. The number of halogens is 1. The molecule has 1 aromatic heterocycles. The molecule has 0 aliphatic rings. The number of benzene rings is 1. The predicted octanol–water partition coefficient (Wildman–Crippen LogP) is 3.93. The van der Waals surface area contributed by atoms with Gasteiger partial charge < -0.3 is 10.2 Å². The van der Waals surface area contributed by atoms with Gasteiger partial charge in [-0.1, -0.05) is 30.7 Å². The molecule has 0 saturated heterocycles. The highest BCUT2D eigenvalue weighted by atomic mass is 35.5. The Morgan fingerprint density at radius 1 is 1.17 bits per heavy atom. The van der Waals surface area contributed by atoms with Crippen molar-refractivity contribution in [2.45, 2.75) is 33.2 Å². The monoisotopic (exact) mass is 265 g/mol. The quantitative estimate of drug-likeness (QED) is 0.913. The van der Waals surface area contributed by atoms with Crippen LogP contribution in [0.4, 0.5) is 0 Å². The summed E-state index contributed by atoms with van der Waals surface area (Å²) in [5, 5.41) is 0. The van der Waals surface area contributed by atoms with E-state index in [2.05, 4.69) is 39.0 Å². The Balaban J connectivity index is 0.00000162. The normalized spacial score (nSPS) is 12.0. The molecule has 0 bridgehead atoms. The van der Waals surface area contributed by atoms with Crippen LogP contribution in [0.25, 0.3) is 0 Å². The summed E-state index contributed by atoms with van der Waals surface area (Å²) in [5.41, 5.74) is 9.84. The van der Waals surface area contributed by atoms with Crippen molar-refractivity contribution in [1.29, 1.82) is 0 Å². The van der Waals surface area contributed by atoms with Gasteiger partial charge in [0.25, 0.3) is 0 Å². The van der Waals surface area contributed by atoms with Gasteiger partial charge in [0.15, 0.2) is 0 Å². The van der Waals surface area contributed by atoms with Crippen LogP contribution in [-0.4, -0.2) is 0 Å². The summed E-state index contributed by atoms with van der Waals surface area (Å²) >= 11 is 0. The van der Waals surface area contributed by atoms with Crippen molar-refractivity contribution in [3.05, 3.63) is 58.5 Å². The smallest absolute Gasteiger partial charge is 0.125 e. The van der Waals surface area contributed by atoms with E-state index in [9.17, 15) is 0 Å². The molecule has 18 heavy (non-hydrogen) atoms. The van der Waals surface area contributed by atoms with Gasteiger partial charge in [-0.2, -0.15) is 0 Å². The number of furan rings is 1. The van der Waals surface area contributed by atoms with Gasteiger partial charge in [-0.05, 0) is 37.1 Å². The highest BCUT2D eigenvalue weighted by Gasteiger charge is 2.14. The fourth-order valence-electron chi connectivity index (χ4n) is 2.08. The van der Waals surface area contributed by atoms with Crippen LogP contribution in [0, 0.1) is 13.8 Å². The molecule has 3 heteroatoms. The summed E-state index contributed by atoms with van der Waals surface area (Å²) < 4.78 is 5.71. The van der Waals surface area contributed by atoms with Crippen molar-refractivity contribution in [3.8, 4) is 0 Å². The molecule has 0 aliphatic carbocycles. The van der Waals surface area contributed by atoms with Crippen LogP contribution in [0.1, 0.15) is 41.2 Å². The second-order valence-corrected chi connectivity index (χ2v) is 4.50. The summed E-state index contributed by atoms with van der Waals surface area (Å²) in [7, 11) is 0. The van der Waals surface area contributed by atoms with E-state index in [0.717, 1.165) is 23.5 Å². The first-order valence-electron chi connectivity index (χ1n) is 6.03. The maximum absolute atomic E-state index is 6.24. The number of aryl methyl sites for hydroxylation is 3. The van der Waals surface area contributed by atoms with Gasteiger partial charge in [-0.25, -0.2) is 0 Å². The fourth-order valence-corrected chi connectivity index (χ4v) is 2.08. The molecular weight excluding hydrogens is 246 g/mol. The van der Waals surface area contributed by atoms with Crippen LogP contribution < -0.4 is 5.73 Å². The molecule has 2 nitrogen and oxygen atoms in total. The Hall–Kier alpha value is -1.25. The highest BCUT2D eigenvalue weighted by molar-refractivity contribution is 5.85. The molecule has 1 atom stereocenters. The average molecular weight is 266 g/mol. The van der Waals surface area contributed by atoms with Crippen molar-refractivity contribution in [3.63, 3.8) is 0 Å². The Morgan fingerprint density at radius 3 is 2.44 bits per heavy atom. The van der Waals surface area contributed by atoms with Crippen LogP contribution in [0.3, 0.4) is 0 Å². The predicted molar refractivity (Wildman–Crippen MR) is 77.3 cm³/mol. The van der Waals surface area contributed by atoms with Crippen molar-refractivity contribution in [1.82, 2.24) is 0 Å². The molecule has 0 amide bonds. The lowest BCUT2D eigenvalue weighted by molar-refractivity contribution is 0.453. The van der Waals surface area contributed by atoms with Crippen molar-refractivity contribution in [2.75, 3.05) is 0 Å². The van der Waals surface area contributed by atoms with Crippen LogP contribution in [0.2, 0.25) is 0 Å². The molecule has 1 heterocycles. The van der Waals surface area contributed by atoms with Gasteiger partial charge in [0.1, 0.15) is 11.5 Å². The lowest BCUT2D eigenvalue weighted by Crippen LogP contribution is -2.12. The third-order valence-electron chi connectivity index (χ3n) is 3.10. The Bertz CT molecular complexity index is 519. The number of hydrogen-bond acceptors (Lipinski definition) is 2. The summed E-state index contributed by atoms with van der Waals surface area (Å²) in [6.07, 6.45) is 0.902. The van der Waals surface area contributed by atoms with Gasteiger partial charge in [-0.3, -0.25) is 0 Å². The molecule has 2 rings (SSSR count). The van der Waals surface area contributed by atoms with Crippen LogP contribution in [-0.2, 0) is 6.42 Å². The van der Waals surface area contributed by atoms with Crippen LogP contribution in [0.15, 0.2) is 34.7 Å². The Labute approximate surface area is 115 Å². The largest absolute Gasteiger partial charge is 0.464 e. The van der Waals surface area contributed by atoms with Gasteiger partial charge in [0, 0.05) is 6.42 Å². The topological polar surface area (TPSA) is 39.2 Å². The van der Waals surface area contributed by atoms with E-state index in [1.807, 2.05) is 12.1 Å². The molecule has 2 N–H and O–H groups in total. The fraction of sp³-hybridized carbons (Fsp3) is 0.333. The van der Waals surface area contributed by atoms with E-state index >= 15 is 0 Å². The first-order valence-corrected chi connectivity index (χ1v) is 6.03. The zero-order valence-corrected chi connectivity index (χ0v) is 11.9. The lowest BCUT2D eigenvalue weighted by Gasteiger charge is -2.13. The van der Waals surface area contributed by atoms with E-state index in [1.165, 1.54) is 11.1 Å². The molecule has 1 unspecified atom stereocenters. The van der Waals surface area contributed by atoms with Gasteiger partial charge in [0.2, 0.25) is 0 Å². The minimum atomic E-state index is -0.170. The molecule has 0 fully saturated rings.